The predicted molar refractivity (Wildman–Crippen MR) is 84.8 cm³/mol. The van der Waals surface area contributed by atoms with Gasteiger partial charge in [0.2, 0.25) is 0 Å². The minimum absolute atomic E-state index is 0.0168. The molecule has 0 saturated carbocycles. The molecule has 7 heteroatoms. The molecule has 1 heterocycles. The zero-order valence-electron chi connectivity index (χ0n) is 11.4. The number of nitrogens with one attached hydrogen (secondary N) is 1. The summed E-state index contributed by atoms with van der Waals surface area (Å²) in [4.78, 5) is 4.04. The highest BCUT2D eigenvalue weighted by Gasteiger charge is 2.05. The highest BCUT2D eigenvalue weighted by Crippen LogP contribution is 2.28. The van der Waals surface area contributed by atoms with Gasteiger partial charge in [0.25, 0.3) is 0 Å². The Balaban J connectivity index is 2.15. The Morgan fingerprint density at radius 3 is 2.95 bits per heavy atom. The SMILES string of the molecule is COc1ccc(Br)cc1NCc1ccnc(C(N)=NO)c1. The fourth-order valence-electron chi connectivity index (χ4n) is 1.79. The van der Waals surface area contributed by atoms with Gasteiger partial charge in [0, 0.05) is 17.2 Å². The van der Waals surface area contributed by atoms with E-state index in [0.29, 0.717) is 12.2 Å². The molecule has 0 aliphatic carbocycles. The lowest BCUT2D eigenvalue weighted by molar-refractivity contribution is 0.318. The maximum absolute atomic E-state index is 8.67. The Labute approximate surface area is 130 Å². The van der Waals surface area contributed by atoms with Crippen molar-refractivity contribution in [2.75, 3.05) is 12.4 Å². The number of rotatable bonds is 5. The fraction of sp³-hybridized carbons (Fsp3) is 0.143. The molecule has 0 bridgehead atoms. The summed E-state index contributed by atoms with van der Waals surface area (Å²) in [7, 11) is 1.62. The number of amidine groups is 1. The van der Waals surface area contributed by atoms with Crippen LogP contribution in [0.1, 0.15) is 11.3 Å². The molecule has 0 amide bonds. The van der Waals surface area contributed by atoms with Crippen molar-refractivity contribution >= 4 is 27.5 Å². The summed E-state index contributed by atoms with van der Waals surface area (Å²) < 4.78 is 6.26. The van der Waals surface area contributed by atoms with Crippen molar-refractivity contribution < 1.29 is 9.94 Å². The van der Waals surface area contributed by atoms with E-state index in [2.05, 4.69) is 31.4 Å². The molecule has 2 rings (SSSR count). The van der Waals surface area contributed by atoms with E-state index in [9.17, 15) is 0 Å². The number of aromatic nitrogens is 1. The number of hydrogen-bond donors (Lipinski definition) is 3. The largest absolute Gasteiger partial charge is 0.495 e. The number of nitrogens with zero attached hydrogens (tertiary/aromatic N) is 2. The van der Waals surface area contributed by atoms with Crippen molar-refractivity contribution in [2.45, 2.75) is 6.54 Å². The Bertz CT molecular complexity index is 661. The van der Waals surface area contributed by atoms with Gasteiger partial charge >= 0.3 is 0 Å². The molecule has 1 aromatic carbocycles. The standard InChI is InChI=1S/C14H15BrN4O2/c1-21-13-3-2-10(15)7-11(13)18-8-9-4-5-17-12(6-9)14(16)19-20/h2-7,18,20H,8H2,1H3,(H2,16,19). The Morgan fingerprint density at radius 1 is 1.43 bits per heavy atom. The molecule has 21 heavy (non-hydrogen) atoms. The van der Waals surface area contributed by atoms with Crippen molar-refractivity contribution in [2.24, 2.45) is 10.9 Å². The van der Waals surface area contributed by atoms with Crippen LogP contribution < -0.4 is 15.8 Å². The van der Waals surface area contributed by atoms with Gasteiger partial charge in [-0.15, -0.1) is 0 Å². The number of pyridine rings is 1. The summed E-state index contributed by atoms with van der Waals surface area (Å²) in [6.07, 6.45) is 1.61. The molecule has 0 fully saturated rings. The minimum atomic E-state index is -0.0168. The van der Waals surface area contributed by atoms with Crippen LogP contribution in [0.3, 0.4) is 0 Å². The fourth-order valence-corrected chi connectivity index (χ4v) is 2.15. The molecule has 0 radical (unpaired) electrons. The summed E-state index contributed by atoms with van der Waals surface area (Å²) in [6.45, 7) is 0.557. The third kappa shape index (κ3) is 3.85. The van der Waals surface area contributed by atoms with Crippen molar-refractivity contribution in [3.05, 3.63) is 52.3 Å². The van der Waals surface area contributed by atoms with Crippen LogP contribution >= 0.6 is 15.9 Å². The molecule has 4 N–H and O–H groups in total. The lowest BCUT2D eigenvalue weighted by Gasteiger charge is -2.12. The quantitative estimate of drug-likeness (QED) is 0.333. The molecule has 0 atom stereocenters. The van der Waals surface area contributed by atoms with Gasteiger partial charge in [-0.25, -0.2) is 0 Å². The van der Waals surface area contributed by atoms with Gasteiger partial charge in [-0.05, 0) is 35.9 Å². The number of hydrogen-bond acceptors (Lipinski definition) is 5. The van der Waals surface area contributed by atoms with Gasteiger partial charge in [0.05, 0.1) is 12.8 Å². The lowest BCUT2D eigenvalue weighted by Crippen LogP contribution is -2.15. The number of anilines is 1. The molecule has 0 saturated heterocycles. The number of nitrogens with two attached hydrogens (primary N) is 1. The van der Waals surface area contributed by atoms with E-state index in [-0.39, 0.29) is 5.84 Å². The van der Waals surface area contributed by atoms with E-state index in [1.54, 1.807) is 19.4 Å². The smallest absolute Gasteiger partial charge is 0.188 e. The van der Waals surface area contributed by atoms with Crippen molar-refractivity contribution in [1.29, 1.82) is 0 Å². The van der Waals surface area contributed by atoms with Gasteiger partial charge in [-0.2, -0.15) is 0 Å². The lowest BCUT2D eigenvalue weighted by atomic mass is 10.2. The maximum Gasteiger partial charge on any atom is 0.188 e. The summed E-state index contributed by atoms with van der Waals surface area (Å²) in [5.74, 6) is 0.737. The number of ether oxygens (including phenoxy) is 1. The monoisotopic (exact) mass is 350 g/mol. The number of oxime groups is 1. The summed E-state index contributed by atoms with van der Waals surface area (Å²) in [5.41, 5.74) is 7.78. The summed E-state index contributed by atoms with van der Waals surface area (Å²) in [6, 6.07) is 9.33. The van der Waals surface area contributed by atoms with Crippen LogP contribution in [0.4, 0.5) is 5.69 Å². The second-order valence-corrected chi connectivity index (χ2v) is 5.15. The second-order valence-electron chi connectivity index (χ2n) is 4.23. The Hall–Kier alpha value is -2.28. The number of methoxy groups -OCH3 is 1. The Kier molecular flexibility index (Phi) is 4.99. The normalized spacial score (nSPS) is 11.2. The Morgan fingerprint density at radius 2 is 2.24 bits per heavy atom. The average molecular weight is 351 g/mol. The van der Waals surface area contributed by atoms with E-state index in [0.717, 1.165) is 21.5 Å². The minimum Gasteiger partial charge on any atom is -0.495 e. The van der Waals surface area contributed by atoms with Crippen LogP contribution in [0.2, 0.25) is 0 Å². The van der Waals surface area contributed by atoms with Crippen molar-refractivity contribution in [3.8, 4) is 5.75 Å². The van der Waals surface area contributed by atoms with E-state index >= 15 is 0 Å². The first kappa shape index (κ1) is 15.1. The molecule has 0 unspecified atom stereocenters. The van der Waals surface area contributed by atoms with E-state index in [1.807, 2.05) is 24.3 Å². The third-order valence-electron chi connectivity index (χ3n) is 2.84. The van der Waals surface area contributed by atoms with Crippen molar-refractivity contribution in [1.82, 2.24) is 4.98 Å². The van der Waals surface area contributed by atoms with Crippen molar-refractivity contribution in [3.63, 3.8) is 0 Å². The van der Waals surface area contributed by atoms with E-state index < -0.39 is 0 Å². The van der Waals surface area contributed by atoms with Gasteiger partial charge in [0.1, 0.15) is 11.4 Å². The molecule has 6 nitrogen and oxygen atoms in total. The first-order valence-electron chi connectivity index (χ1n) is 6.14. The molecular weight excluding hydrogens is 336 g/mol. The molecule has 0 spiro atoms. The van der Waals surface area contributed by atoms with Gasteiger partial charge < -0.3 is 21.0 Å². The molecule has 1 aromatic heterocycles. The highest BCUT2D eigenvalue weighted by atomic mass is 79.9. The molecule has 2 aromatic rings. The number of benzene rings is 1. The van der Waals surface area contributed by atoms with Gasteiger partial charge in [-0.1, -0.05) is 21.1 Å². The van der Waals surface area contributed by atoms with Crippen LogP contribution in [-0.2, 0) is 6.54 Å². The third-order valence-corrected chi connectivity index (χ3v) is 3.33. The first-order valence-corrected chi connectivity index (χ1v) is 6.93. The zero-order valence-corrected chi connectivity index (χ0v) is 13.0. The number of halogens is 1. The first-order chi connectivity index (χ1) is 10.1. The molecular formula is C14H15BrN4O2. The zero-order chi connectivity index (χ0) is 15.2. The average Bonchev–Trinajstić information content (AvgIpc) is 2.52. The predicted octanol–water partition coefficient (Wildman–Crippen LogP) is 2.56. The topological polar surface area (TPSA) is 92.8 Å². The summed E-state index contributed by atoms with van der Waals surface area (Å²) >= 11 is 3.43. The maximum atomic E-state index is 8.67. The van der Waals surface area contributed by atoms with Crippen LogP contribution in [0.25, 0.3) is 0 Å². The van der Waals surface area contributed by atoms with Crippen LogP contribution in [-0.4, -0.2) is 23.1 Å². The summed E-state index contributed by atoms with van der Waals surface area (Å²) in [5, 5.41) is 14.9. The molecule has 0 aliphatic rings. The highest BCUT2D eigenvalue weighted by molar-refractivity contribution is 9.10. The van der Waals surface area contributed by atoms with Gasteiger partial charge in [0.15, 0.2) is 5.84 Å². The van der Waals surface area contributed by atoms with E-state index in [4.69, 9.17) is 15.7 Å². The van der Waals surface area contributed by atoms with Crippen LogP contribution in [0.5, 0.6) is 5.75 Å². The van der Waals surface area contributed by atoms with Crippen LogP contribution in [0.15, 0.2) is 46.2 Å². The molecule has 110 valence electrons. The second kappa shape index (κ2) is 6.94. The molecule has 0 aliphatic heterocycles. The van der Waals surface area contributed by atoms with E-state index in [1.165, 1.54) is 0 Å². The van der Waals surface area contributed by atoms with Crippen LogP contribution in [0, 0.1) is 0 Å². The van der Waals surface area contributed by atoms with Gasteiger partial charge in [-0.3, -0.25) is 4.98 Å².